The largest absolute Gasteiger partial charge is 0.316 e. The second kappa shape index (κ2) is 4.81. The molecule has 2 aliphatic rings. The molecule has 2 fully saturated rings. The summed E-state index contributed by atoms with van der Waals surface area (Å²) in [6, 6.07) is 1.49. The summed E-state index contributed by atoms with van der Waals surface area (Å²) in [4.78, 5) is 5.08. The van der Waals surface area contributed by atoms with Crippen molar-refractivity contribution in [2.45, 2.75) is 57.8 Å². The Hall–Kier alpha value is -0.120. The molecule has 0 saturated carbocycles. The third kappa shape index (κ3) is 2.52. The fraction of sp³-hybridized carbons (Fsp3) is 1.00. The molecule has 0 aliphatic carbocycles. The highest BCUT2D eigenvalue weighted by atomic mass is 15.3. The lowest BCUT2D eigenvalue weighted by Crippen LogP contribution is -2.48. The molecule has 88 valence electrons. The number of rotatable bonds is 4. The first kappa shape index (κ1) is 11.4. The molecule has 0 aromatic heterocycles. The quantitative estimate of drug-likeness (QED) is 0.759. The van der Waals surface area contributed by atoms with E-state index in [0.29, 0.717) is 0 Å². The van der Waals surface area contributed by atoms with Gasteiger partial charge in [-0.15, -0.1) is 0 Å². The molecular formula is C12H25N3. The number of nitrogens with zero attached hydrogens (tertiary/aromatic N) is 2. The van der Waals surface area contributed by atoms with Crippen molar-refractivity contribution in [1.29, 1.82) is 0 Å². The van der Waals surface area contributed by atoms with E-state index in [1.807, 2.05) is 0 Å². The molecule has 3 heteroatoms. The molecule has 2 aliphatic heterocycles. The smallest absolute Gasteiger partial charge is 0.0545 e. The van der Waals surface area contributed by atoms with Crippen molar-refractivity contribution in [1.82, 2.24) is 9.80 Å². The van der Waals surface area contributed by atoms with Crippen LogP contribution in [0.2, 0.25) is 0 Å². The van der Waals surface area contributed by atoms with Gasteiger partial charge in [0.05, 0.1) is 6.17 Å². The Morgan fingerprint density at radius 2 is 1.93 bits per heavy atom. The standard InChI is InChI=1S/C12H25N3/c1-10(14-6-4-7-14)9-12-5-3-8-15(12)11(2)13/h10-12H,3-9,13H2,1-2H3. The first-order chi connectivity index (χ1) is 7.18. The Morgan fingerprint density at radius 1 is 1.20 bits per heavy atom. The Balaban J connectivity index is 1.81. The van der Waals surface area contributed by atoms with Crippen LogP contribution in [-0.4, -0.2) is 47.7 Å². The fourth-order valence-corrected chi connectivity index (χ4v) is 2.97. The summed E-state index contributed by atoms with van der Waals surface area (Å²) < 4.78 is 0. The van der Waals surface area contributed by atoms with Gasteiger partial charge in [-0.05, 0) is 59.2 Å². The van der Waals surface area contributed by atoms with Crippen LogP contribution in [-0.2, 0) is 0 Å². The van der Waals surface area contributed by atoms with E-state index < -0.39 is 0 Å². The maximum atomic E-state index is 6.00. The summed E-state index contributed by atoms with van der Waals surface area (Å²) in [7, 11) is 0. The van der Waals surface area contributed by atoms with Crippen LogP contribution in [0.25, 0.3) is 0 Å². The lowest BCUT2D eigenvalue weighted by atomic mass is 10.0. The van der Waals surface area contributed by atoms with Crippen LogP contribution >= 0.6 is 0 Å². The summed E-state index contributed by atoms with van der Waals surface area (Å²) in [5, 5.41) is 0. The number of hydrogen-bond acceptors (Lipinski definition) is 3. The lowest BCUT2D eigenvalue weighted by Gasteiger charge is -2.39. The minimum absolute atomic E-state index is 0.237. The van der Waals surface area contributed by atoms with Crippen molar-refractivity contribution < 1.29 is 0 Å². The highest BCUT2D eigenvalue weighted by molar-refractivity contribution is 4.86. The molecule has 3 nitrogen and oxygen atoms in total. The first-order valence-corrected chi connectivity index (χ1v) is 6.44. The molecule has 2 saturated heterocycles. The highest BCUT2D eigenvalue weighted by Gasteiger charge is 2.30. The Kier molecular flexibility index (Phi) is 3.65. The van der Waals surface area contributed by atoms with Gasteiger partial charge in [0.25, 0.3) is 0 Å². The van der Waals surface area contributed by atoms with Crippen LogP contribution in [0, 0.1) is 0 Å². The summed E-state index contributed by atoms with van der Waals surface area (Å²) >= 11 is 0. The number of nitrogens with two attached hydrogens (primary N) is 1. The van der Waals surface area contributed by atoms with Crippen molar-refractivity contribution in [3.05, 3.63) is 0 Å². The maximum absolute atomic E-state index is 6.00. The van der Waals surface area contributed by atoms with Gasteiger partial charge < -0.3 is 10.6 Å². The van der Waals surface area contributed by atoms with Crippen molar-refractivity contribution in [2.75, 3.05) is 19.6 Å². The van der Waals surface area contributed by atoms with Crippen LogP contribution in [0.5, 0.6) is 0 Å². The van der Waals surface area contributed by atoms with E-state index in [1.54, 1.807) is 0 Å². The molecule has 2 rings (SSSR count). The predicted molar refractivity (Wildman–Crippen MR) is 63.6 cm³/mol. The average molecular weight is 211 g/mol. The SMILES string of the molecule is CC(CC1CCCN1C(C)N)N1CCC1. The van der Waals surface area contributed by atoms with E-state index in [2.05, 4.69) is 23.6 Å². The Bertz CT molecular complexity index is 201. The zero-order valence-corrected chi connectivity index (χ0v) is 10.2. The first-order valence-electron chi connectivity index (χ1n) is 6.44. The normalized spacial score (nSPS) is 32.6. The van der Waals surface area contributed by atoms with Crippen LogP contribution < -0.4 is 5.73 Å². The van der Waals surface area contributed by atoms with Gasteiger partial charge in [0, 0.05) is 12.1 Å². The molecule has 0 aromatic carbocycles. The van der Waals surface area contributed by atoms with Crippen LogP contribution in [0.4, 0.5) is 0 Å². The summed E-state index contributed by atoms with van der Waals surface area (Å²) in [6.07, 6.45) is 5.62. The van der Waals surface area contributed by atoms with Gasteiger partial charge in [0.2, 0.25) is 0 Å². The Morgan fingerprint density at radius 3 is 2.47 bits per heavy atom. The van der Waals surface area contributed by atoms with Crippen LogP contribution in [0.1, 0.15) is 39.5 Å². The second-order valence-corrected chi connectivity index (χ2v) is 5.25. The van der Waals surface area contributed by atoms with Crippen LogP contribution in [0.3, 0.4) is 0 Å². The molecule has 2 N–H and O–H groups in total. The highest BCUT2D eigenvalue weighted by Crippen LogP contribution is 2.25. The van der Waals surface area contributed by atoms with E-state index in [-0.39, 0.29) is 6.17 Å². The molecule has 0 radical (unpaired) electrons. The van der Waals surface area contributed by atoms with E-state index in [1.165, 1.54) is 45.3 Å². The minimum atomic E-state index is 0.237. The van der Waals surface area contributed by atoms with Crippen molar-refractivity contribution >= 4 is 0 Å². The summed E-state index contributed by atoms with van der Waals surface area (Å²) in [5.74, 6) is 0. The summed E-state index contributed by atoms with van der Waals surface area (Å²) in [5.41, 5.74) is 6.00. The van der Waals surface area contributed by atoms with Gasteiger partial charge in [-0.25, -0.2) is 0 Å². The van der Waals surface area contributed by atoms with Crippen LogP contribution in [0.15, 0.2) is 0 Å². The zero-order valence-electron chi connectivity index (χ0n) is 10.2. The number of hydrogen-bond donors (Lipinski definition) is 1. The van der Waals surface area contributed by atoms with Crippen molar-refractivity contribution in [3.8, 4) is 0 Å². The fourth-order valence-electron chi connectivity index (χ4n) is 2.97. The monoisotopic (exact) mass is 211 g/mol. The lowest BCUT2D eigenvalue weighted by molar-refractivity contribution is 0.0905. The molecule has 0 amide bonds. The molecular weight excluding hydrogens is 186 g/mol. The van der Waals surface area contributed by atoms with E-state index in [9.17, 15) is 0 Å². The molecule has 15 heavy (non-hydrogen) atoms. The van der Waals surface area contributed by atoms with Crippen molar-refractivity contribution in [2.24, 2.45) is 5.73 Å². The maximum Gasteiger partial charge on any atom is 0.0545 e. The summed E-state index contributed by atoms with van der Waals surface area (Å²) in [6.45, 7) is 8.32. The third-order valence-electron chi connectivity index (χ3n) is 4.07. The zero-order chi connectivity index (χ0) is 10.8. The van der Waals surface area contributed by atoms with E-state index in [0.717, 1.165) is 12.1 Å². The predicted octanol–water partition coefficient (Wildman–Crippen LogP) is 1.24. The number of likely N-dealkylation sites (tertiary alicyclic amines) is 2. The van der Waals surface area contributed by atoms with Gasteiger partial charge in [-0.1, -0.05) is 0 Å². The molecule has 3 unspecified atom stereocenters. The van der Waals surface area contributed by atoms with E-state index >= 15 is 0 Å². The average Bonchev–Trinajstić information content (AvgIpc) is 2.48. The van der Waals surface area contributed by atoms with Crippen molar-refractivity contribution in [3.63, 3.8) is 0 Å². The van der Waals surface area contributed by atoms with Gasteiger partial charge in [-0.3, -0.25) is 4.90 Å². The molecule has 0 aromatic rings. The third-order valence-corrected chi connectivity index (χ3v) is 4.07. The molecule has 2 heterocycles. The van der Waals surface area contributed by atoms with Gasteiger partial charge in [0.15, 0.2) is 0 Å². The topological polar surface area (TPSA) is 32.5 Å². The molecule has 3 atom stereocenters. The molecule has 0 bridgehead atoms. The van der Waals surface area contributed by atoms with Gasteiger partial charge >= 0.3 is 0 Å². The minimum Gasteiger partial charge on any atom is -0.316 e. The second-order valence-electron chi connectivity index (χ2n) is 5.25. The van der Waals surface area contributed by atoms with Gasteiger partial charge in [0.1, 0.15) is 0 Å². The Labute approximate surface area is 93.6 Å². The van der Waals surface area contributed by atoms with Gasteiger partial charge in [-0.2, -0.15) is 0 Å². The molecule has 0 spiro atoms. The van der Waals surface area contributed by atoms with E-state index in [4.69, 9.17) is 5.73 Å².